The van der Waals surface area contributed by atoms with Crippen LogP contribution in [0.1, 0.15) is 10.5 Å². The van der Waals surface area contributed by atoms with Gasteiger partial charge in [-0.2, -0.15) is 5.10 Å². The van der Waals surface area contributed by atoms with Gasteiger partial charge in [0.2, 0.25) is 0 Å². The van der Waals surface area contributed by atoms with Gasteiger partial charge in [-0.05, 0) is 17.9 Å². The molecule has 0 bridgehead atoms. The van der Waals surface area contributed by atoms with Crippen molar-refractivity contribution in [3.8, 4) is 0 Å². The van der Waals surface area contributed by atoms with Gasteiger partial charge in [0, 0.05) is 32.4 Å². The van der Waals surface area contributed by atoms with Crippen LogP contribution in [0.3, 0.4) is 0 Å². The number of H-pyrrole nitrogens is 1. The van der Waals surface area contributed by atoms with Crippen LogP contribution in [0.2, 0.25) is 0 Å². The number of nitrogens with zero attached hydrogens (tertiary/aromatic N) is 2. The molecule has 0 saturated carbocycles. The van der Waals surface area contributed by atoms with Gasteiger partial charge in [0.05, 0.1) is 0 Å². The van der Waals surface area contributed by atoms with Gasteiger partial charge in [-0.3, -0.25) is 9.89 Å². The highest BCUT2D eigenvalue weighted by molar-refractivity contribution is 5.92. The van der Waals surface area contributed by atoms with E-state index in [9.17, 15) is 4.79 Å². The average molecular weight is 243 g/mol. The quantitative estimate of drug-likeness (QED) is 0.736. The maximum atomic E-state index is 12.0. The van der Waals surface area contributed by atoms with Crippen molar-refractivity contribution in [1.82, 2.24) is 20.4 Å². The van der Waals surface area contributed by atoms with E-state index in [0.29, 0.717) is 17.5 Å². The Morgan fingerprint density at radius 1 is 1.38 bits per heavy atom. The lowest BCUT2D eigenvalue weighted by atomic mass is 10.0. The van der Waals surface area contributed by atoms with Crippen molar-refractivity contribution in [3.05, 3.63) is 18.0 Å². The molecule has 6 heteroatoms. The Morgan fingerprint density at radius 2 is 2.06 bits per heavy atom. The van der Waals surface area contributed by atoms with Gasteiger partial charge in [-0.1, -0.05) is 0 Å². The molecule has 2 atom stereocenters. The van der Waals surface area contributed by atoms with E-state index >= 15 is 0 Å². The molecule has 2 fully saturated rings. The second-order valence-electron chi connectivity index (χ2n) is 4.36. The van der Waals surface area contributed by atoms with Gasteiger partial charge in [-0.15, -0.1) is 12.4 Å². The van der Waals surface area contributed by atoms with Crippen molar-refractivity contribution in [3.63, 3.8) is 0 Å². The third-order valence-corrected chi connectivity index (χ3v) is 3.41. The minimum Gasteiger partial charge on any atom is -0.337 e. The highest BCUT2D eigenvalue weighted by atomic mass is 35.5. The van der Waals surface area contributed by atoms with Crippen molar-refractivity contribution in [2.24, 2.45) is 11.8 Å². The summed E-state index contributed by atoms with van der Waals surface area (Å²) in [6.45, 7) is 3.87. The predicted octanol–water partition coefficient (Wildman–Crippen LogP) is 0.123. The van der Waals surface area contributed by atoms with Crippen molar-refractivity contribution >= 4 is 18.3 Å². The number of halogens is 1. The summed E-state index contributed by atoms with van der Waals surface area (Å²) < 4.78 is 0. The molecule has 1 aromatic heterocycles. The summed E-state index contributed by atoms with van der Waals surface area (Å²) in [7, 11) is 0. The molecule has 2 aliphatic heterocycles. The number of carbonyl (C=O) groups excluding carboxylic acids is 1. The lowest BCUT2D eigenvalue weighted by Gasteiger charge is -2.16. The van der Waals surface area contributed by atoms with E-state index in [1.165, 1.54) is 0 Å². The summed E-state index contributed by atoms with van der Waals surface area (Å²) in [6.07, 6.45) is 1.62. The van der Waals surface area contributed by atoms with Gasteiger partial charge < -0.3 is 10.2 Å². The standard InChI is InChI=1S/C10H14N4O.ClH/c15-10(9-1-2-12-13-9)14-5-7-3-11-4-8(7)6-14;/h1-2,7-8,11H,3-6H2,(H,12,13);1H/t7-,8+;. The zero-order valence-corrected chi connectivity index (χ0v) is 9.67. The van der Waals surface area contributed by atoms with E-state index in [1.54, 1.807) is 12.3 Å². The average Bonchev–Trinajstić information content (AvgIpc) is 2.92. The van der Waals surface area contributed by atoms with Gasteiger partial charge in [0.15, 0.2) is 0 Å². The van der Waals surface area contributed by atoms with E-state index in [-0.39, 0.29) is 18.3 Å². The number of carbonyl (C=O) groups is 1. The van der Waals surface area contributed by atoms with E-state index in [1.807, 2.05) is 4.90 Å². The predicted molar refractivity (Wildman–Crippen MR) is 61.6 cm³/mol. The van der Waals surface area contributed by atoms with Crippen LogP contribution in [-0.4, -0.2) is 47.2 Å². The molecule has 0 spiro atoms. The van der Waals surface area contributed by atoms with Crippen LogP contribution in [0.15, 0.2) is 12.3 Å². The third kappa shape index (κ3) is 1.81. The lowest BCUT2D eigenvalue weighted by molar-refractivity contribution is 0.0776. The van der Waals surface area contributed by atoms with Gasteiger partial charge in [0.1, 0.15) is 5.69 Å². The zero-order chi connectivity index (χ0) is 10.3. The monoisotopic (exact) mass is 242 g/mol. The molecule has 16 heavy (non-hydrogen) atoms. The number of likely N-dealkylation sites (tertiary alicyclic amines) is 1. The minimum atomic E-state index is 0. The minimum absolute atomic E-state index is 0. The Hall–Kier alpha value is -1.07. The number of amides is 1. The summed E-state index contributed by atoms with van der Waals surface area (Å²) in [5, 5.41) is 9.89. The second-order valence-corrected chi connectivity index (χ2v) is 4.36. The molecule has 5 nitrogen and oxygen atoms in total. The molecule has 2 N–H and O–H groups in total. The van der Waals surface area contributed by atoms with E-state index in [0.717, 1.165) is 26.2 Å². The van der Waals surface area contributed by atoms with Crippen LogP contribution in [0, 0.1) is 11.8 Å². The Morgan fingerprint density at radius 3 is 2.62 bits per heavy atom. The summed E-state index contributed by atoms with van der Waals surface area (Å²) >= 11 is 0. The molecule has 2 saturated heterocycles. The molecule has 3 heterocycles. The molecule has 1 aromatic rings. The molecular formula is C10H15ClN4O. The summed E-state index contributed by atoms with van der Waals surface area (Å²) in [6, 6.07) is 1.73. The number of rotatable bonds is 1. The molecule has 1 amide bonds. The van der Waals surface area contributed by atoms with Crippen molar-refractivity contribution in [2.45, 2.75) is 0 Å². The number of nitrogens with one attached hydrogen (secondary N) is 2. The maximum absolute atomic E-state index is 12.0. The smallest absolute Gasteiger partial charge is 0.271 e. The zero-order valence-electron chi connectivity index (χ0n) is 8.85. The number of aromatic nitrogens is 2. The van der Waals surface area contributed by atoms with Gasteiger partial charge in [-0.25, -0.2) is 0 Å². The number of fused-ring (bicyclic) bond motifs is 1. The van der Waals surface area contributed by atoms with Crippen molar-refractivity contribution in [2.75, 3.05) is 26.2 Å². The van der Waals surface area contributed by atoms with Crippen LogP contribution < -0.4 is 5.32 Å². The molecule has 0 unspecified atom stereocenters. The first-order chi connectivity index (χ1) is 7.34. The number of hydrogen-bond donors (Lipinski definition) is 2. The largest absolute Gasteiger partial charge is 0.337 e. The SMILES string of the molecule is Cl.O=C(c1ccn[nH]1)N1C[C@H]2CNC[C@H]2C1. The van der Waals surface area contributed by atoms with Crippen LogP contribution in [0.5, 0.6) is 0 Å². The van der Waals surface area contributed by atoms with Gasteiger partial charge >= 0.3 is 0 Å². The summed E-state index contributed by atoms with van der Waals surface area (Å²) in [5.74, 6) is 1.38. The van der Waals surface area contributed by atoms with Crippen LogP contribution in [-0.2, 0) is 0 Å². The maximum Gasteiger partial charge on any atom is 0.271 e. The van der Waals surface area contributed by atoms with E-state index in [2.05, 4.69) is 15.5 Å². The van der Waals surface area contributed by atoms with Crippen LogP contribution in [0.25, 0.3) is 0 Å². The number of aromatic amines is 1. The molecular weight excluding hydrogens is 228 g/mol. The van der Waals surface area contributed by atoms with E-state index < -0.39 is 0 Å². The Labute approximate surface area is 100.0 Å². The molecule has 0 radical (unpaired) electrons. The Kier molecular flexibility index (Phi) is 3.16. The second kappa shape index (κ2) is 4.43. The fraction of sp³-hybridized carbons (Fsp3) is 0.600. The molecule has 0 aliphatic carbocycles. The Balaban J connectivity index is 0.000000963. The topological polar surface area (TPSA) is 61.0 Å². The molecule has 88 valence electrons. The van der Waals surface area contributed by atoms with Crippen molar-refractivity contribution < 1.29 is 4.79 Å². The van der Waals surface area contributed by atoms with Crippen molar-refractivity contribution in [1.29, 1.82) is 0 Å². The fourth-order valence-corrected chi connectivity index (χ4v) is 2.57. The normalized spacial score (nSPS) is 27.6. The van der Waals surface area contributed by atoms with Crippen LogP contribution in [0.4, 0.5) is 0 Å². The highest BCUT2D eigenvalue weighted by Gasteiger charge is 2.38. The van der Waals surface area contributed by atoms with Crippen LogP contribution >= 0.6 is 12.4 Å². The first kappa shape index (κ1) is 11.4. The lowest BCUT2D eigenvalue weighted by Crippen LogP contribution is -2.32. The molecule has 3 rings (SSSR count). The fourth-order valence-electron chi connectivity index (χ4n) is 2.57. The highest BCUT2D eigenvalue weighted by Crippen LogP contribution is 2.26. The summed E-state index contributed by atoms with van der Waals surface area (Å²) in [5.41, 5.74) is 0.600. The van der Waals surface area contributed by atoms with E-state index in [4.69, 9.17) is 0 Å². The van der Waals surface area contributed by atoms with Gasteiger partial charge in [0.25, 0.3) is 5.91 Å². The first-order valence-corrected chi connectivity index (χ1v) is 5.34. The molecule has 0 aromatic carbocycles. The first-order valence-electron chi connectivity index (χ1n) is 5.34. The third-order valence-electron chi connectivity index (χ3n) is 3.41. The Bertz CT molecular complexity index is 355. The number of hydrogen-bond acceptors (Lipinski definition) is 3. The molecule has 2 aliphatic rings. The summed E-state index contributed by atoms with van der Waals surface area (Å²) in [4.78, 5) is 13.9.